The minimum absolute atomic E-state index is 0.0460. The van der Waals surface area contributed by atoms with Crippen LogP contribution in [0.3, 0.4) is 0 Å². The first kappa shape index (κ1) is 24.3. The Morgan fingerprint density at radius 2 is 1.82 bits per heavy atom. The van der Waals surface area contributed by atoms with Gasteiger partial charge in [0.05, 0.1) is 17.1 Å². The molecule has 1 aromatic heterocycles. The molecule has 33 heavy (non-hydrogen) atoms. The van der Waals surface area contributed by atoms with Crippen molar-refractivity contribution >= 4 is 32.3 Å². The predicted octanol–water partition coefficient (Wildman–Crippen LogP) is 3.17. The average molecular weight is 498 g/mol. The maximum absolute atomic E-state index is 13.9. The van der Waals surface area contributed by atoms with E-state index in [4.69, 9.17) is 5.73 Å². The second-order valence-electron chi connectivity index (χ2n) is 8.49. The Bertz CT molecular complexity index is 1030. The van der Waals surface area contributed by atoms with Gasteiger partial charge in [-0.05, 0) is 63.9 Å². The fourth-order valence-electron chi connectivity index (χ4n) is 4.27. The Labute approximate surface area is 198 Å². The lowest BCUT2D eigenvalue weighted by Crippen LogP contribution is -2.43. The van der Waals surface area contributed by atoms with Crippen molar-refractivity contribution in [3.63, 3.8) is 0 Å². The topological polar surface area (TPSA) is 91.6 Å². The third-order valence-electron chi connectivity index (χ3n) is 6.10. The number of piperidine rings is 1. The molecule has 0 aliphatic carbocycles. The molecule has 0 spiro atoms. The van der Waals surface area contributed by atoms with Crippen LogP contribution in [0.25, 0.3) is 0 Å². The van der Waals surface area contributed by atoms with E-state index in [9.17, 15) is 17.2 Å². The molecule has 0 unspecified atom stereocenters. The van der Waals surface area contributed by atoms with Crippen molar-refractivity contribution in [3.05, 3.63) is 46.7 Å². The second-order valence-corrected chi connectivity index (χ2v) is 11.6. The summed E-state index contributed by atoms with van der Waals surface area (Å²) in [6, 6.07) is 3.66. The minimum Gasteiger partial charge on any atom is -0.383 e. The molecule has 11 heteroatoms. The molecule has 2 saturated heterocycles. The first-order valence-corrected chi connectivity index (χ1v) is 13.7. The number of rotatable bonds is 9. The minimum atomic E-state index is -3.25. The van der Waals surface area contributed by atoms with Crippen LogP contribution in [0.15, 0.2) is 18.2 Å². The molecule has 2 aliphatic heterocycles. The molecule has 0 bridgehead atoms. The number of nitrogens with one attached hydrogen (secondary N) is 1. The Morgan fingerprint density at radius 3 is 2.48 bits per heavy atom. The highest BCUT2D eigenvalue weighted by Gasteiger charge is 2.28. The normalized spacial score (nSPS) is 18.7. The monoisotopic (exact) mass is 497 g/mol. The number of halogens is 2. The lowest BCUT2D eigenvalue weighted by atomic mass is 10.1. The zero-order chi connectivity index (χ0) is 23.4. The number of nitrogen functional groups attached to an aromatic ring is 1. The van der Waals surface area contributed by atoms with Crippen LogP contribution in [0.5, 0.6) is 0 Å². The van der Waals surface area contributed by atoms with Crippen LogP contribution in [0, 0.1) is 18.1 Å². The standard InChI is InChI=1S/C22H29F2N5O2S2/c23-18-5-3-6-19(24)17(18)15-20-21(25)27-22(32-20)26-16-7-12-29(13-8-16)33(30,31)14-4-11-28-9-1-2-10-28/h3,5-6,16H,1-2,4,7-14,25H2,(H,26,27). The summed E-state index contributed by atoms with van der Waals surface area (Å²) < 4.78 is 54.8. The zero-order valence-electron chi connectivity index (χ0n) is 18.4. The van der Waals surface area contributed by atoms with Gasteiger partial charge in [-0.3, -0.25) is 0 Å². The highest BCUT2D eigenvalue weighted by atomic mass is 32.2. The van der Waals surface area contributed by atoms with Gasteiger partial charge in [0, 0.05) is 24.7 Å². The molecular formula is C22H29F2N5O2S2. The molecule has 2 fully saturated rings. The number of aromatic nitrogens is 1. The third-order valence-corrected chi connectivity index (χ3v) is 8.98. The highest BCUT2D eigenvalue weighted by molar-refractivity contribution is 7.89. The van der Waals surface area contributed by atoms with Crippen LogP contribution >= 0.6 is 11.3 Å². The quantitative estimate of drug-likeness (QED) is 0.553. The zero-order valence-corrected chi connectivity index (χ0v) is 20.0. The lowest BCUT2D eigenvalue weighted by Gasteiger charge is -2.31. The van der Waals surface area contributed by atoms with E-state index in [0.29, 0.717) is 42.4 Å². The molecule has 4 rings (SSSR count). The first-order chi connectivity index (χ1) is 15.8. The van der Waals surface area contributed by atoms with Gasteiger partial charge in [-0.25, -0.2) is 26.5 Å². The molecular weight excluding hydrogens is 468 g/mol. The maximum Gasteiger partial charge on any atom is 0.214 e. The number of likely N-dealkylation sites (tertiary alicyclic amines) is 1. The molecule has 2 radical (unpaired) electrons. The van der Waals surface area contributed by atoms with E-state index in [2.05, 4.69) is 21.6 Å². The predicted molar refractivity (Wildman–Crippen MR) is 127 cm³/mol. The fraction of sp³-hybridized carbons (Fsp3) is 0.545. The van der Waals surface area contributed by atoms with Crippen LogP contribution in [-0.4, -0.2) is 67.1 Å². The SMILES string of the molecule is Nc1nc(NC2CCN(S(=O)(=O)CCCN3CCCC3)CC2)sc1[C]c1c(F)cccc1F. The fourth-order valence-corrected chi connectivity index (χ4v) is 6.66. The van der Waals surface area contributed by atoms with Crippen molar-refractivity contribution < 1.29 is 17.2 Å². The van der Waals surface area contributed by atoms with Gasteiger partial charge in [0.2, 0.25) is 10.0 Å². The van der Waals surface area contributed by atoms with Crippen molar-refractivity contribution in [3.8, 4) is 0 Å². The van der Waals surface area contributed by atoms with E-state index in [0.717, 1.165) is 31.8 Å². The molecule has 1 aromatic carbocycles. The summed E-state index contributed by atoms with van der Waals surface area (Å²) in [4.78, 5) is 6.92. The largest absolute Gasteiger partial charge is 0.383 e. The van der Waals surface area contributed by atoms with E-state index < -0.39 is 21.7 Å². The van der Waals surface area contributed by atoms with Gasteiger partial charge in [-0.1, -0.05) is 17.4 Å². The molecule has 7 nitrogen and oxygen atoms in total. The first-order valence-electron chi connectivity index (χ1n) is 11.3. The van der Waals surface area contributed by atoms with Gasteiger partial charge < -0.3 is 16.0 Å². The molecule has 0 amide bonds. The number of sulfonamides is 1. The summed E-state index contributed by atoms with van der Waals surface area (Å²) in [5.41, 5.74) is 5.65. The Kier molecular flexibility index (Phi) is 7.83. The summed E-state index contributed by atoms with van der Waals surface area (Å²) in [6.45, 7) is 3.90. The summed E-state index contributed by atoms with van der Waals surface area (Å²) in [5, 5.41) is 3.81. The molecule has 0 saturated carbocycles. The molecule has 0 atom stereocenters. The van der Waals surface area contributed by atoms with Crippen LogP contribution in [0.2, 0.25) is 0 Å². The van der Waals surface area contributed by atoms with E-state index in [1.165, 1.54) is 30.2 Å². The van der Waals surface area contributed by atoms with Crippen LogP contribution in [0.4, 0.5) is 19.7 Å². The summed E-state index contributed by atoms with van der Waals surface area (Å²) in [7, 11) is -3.25. The number of benzene rings is 1. The van der Waals surface area contributed by atoms with Gasteiger partial charge in [-0.15, -0.1) is 0 Å². The van der Waals surface area contributed by atoms with Gasteiger partial charge in [-0.2, -0.15) is 0 Å². The molecule has 3 N–H and O–H groups in total. The maximum atomic E-state index is 13.9. The summed E-state index contributed by atoms with van der Waals surface area (Å²) >= 11 is 1.17. The molecule has 180 valence electrons. The van der Waals surface area contributed by atoms with E-state index in [1.54, 1.807) is 4.31 Å². The molecule has 2 aromatic rings. The molecule has 3 heterocycles. The van der Waals surface area contributed by atoms with Crippen LogP contribution in [0.1, 0.15) is 42.5 Å². The Morgan fingerprint density at radius 1 is 1.15 bits per heavy atom. The third kappa shape index (κ3) is 6.20. The highest BCUT2D eigenvalue weighted by Crippen LogP contribution is 2.31. The second kappa shape index (κ2) is 10.6. The smallest absolute Gasteiger partial charge is 0.214 e. The van der Waals surface area contributed by atoms with Crippen LogP contribution in [-0.2, 0) is 10.0 Å². The van der Waals surface area contributed by atoms with Gasteiger partial charge >= 0.3 is 0 Å². The summed E-state index contributed by atoms with van der Waals surface area (Å²) in [6.07, 6.45) is 7.05. The van der Waals surface area contributed by atoms with Gasteiger partial charge in [0.15, 0.2) is 5.13 Å². The molecule has 2 aliphatic rings. The van der Waals surface area contributed by atoms with Gasteiger partial charge in [0.1, 0.15) is 17.5 Å². The number of anilines is 2. The van der Waals surface area contributed by atoms with Crippen LogP contribution < -0.4 is 11.1 Å². The number of hydrogen-bond donors (Lipinski definition) is 2. The van der Waals surface area contributed by atoms with Crippen molar-refractivity contribution in [2.75, 3.05) is 49.5 Å². The van der Waals surface area contributed by atoms with Crippen molar-refractivity contribution in [2.45, 2.75) is 38.1 Å². The van der Waals surface area contributed by atoms with Crippen molar-refractivity contribution in [1.82, 2.24) is 14.2 Å². The number of nitrogens with two attached hydrogens (primary N) is 1. The Hall–Kier alpha value is -1.82. The van der Waals surface area contributed by atoms with E-state index in [1.807, 2.05) is 0 Å². The number of hydrogen-bond acceptors (Lipinski definition) is 7. The van der Waals surface area contributed by atoms with Crippen molar-refractivity contribution in [2.24, 2.45) is 0 Å². The Balaban J connectivity index is 1.27. The number of nitrogens with zero attached hydrogens (tertiary/aromatic N) is 3. The van der Waals surface area contributed by atoms with E-state index in [-0.39, 0.29) is 23.2 Å². The van der Waals surface area contributed by atoms with E-state index >= 15 is 0 Å². The number of thiazole rings is 1. The summed E-state index contributed by atoms with van der Waals surface area (Å²) in [5.74, 6) is -1.10. The lowest BCUT2D eigenvalue weighted by molar-refractivity contribution is 0.322. The van der Waals surface area contributed by atoms with Gasteiger partial charge in [0.25, 0.3) is 0 Å². The average Bonchev–Trinajstić information content (AvgIpc) is 3.41. The van der Waals surface area contributed by atoms with Crippen molar-refractivity contribution in [1.29, 1.82) is 0 Å².